The molecular formula is C16H14Cl2N2O3. The second-order valence-corrected chi connectivity index (χ2v) is 5.73. The van der Waals surface area contributed by atoms with E-state index in [4.69, 9.17) is 27.9 Å². The Morgan fingerprint density at radius 1 is 1.26 bits per heavy atom. The summed E-state index contributed by atoms with van der Waals surface area (Å²) in [6, 6.07) is 8.37. The first-order valence-corrected chi connectivity index (χ1v) is 7.52. The van der Waals surface area contributed by atoms with E-state index in [1.54, 1.807) is 18.2 Å². The first-order valence-electron chi connectivity index (χ1n) is 6.76. The zero-order valence-electron chi connectivity index (χ0n) is 12.5. The lowest BCUT2D eigenvalue weighted by molar-refractivity contribution is -0.123. The largest absolute Gasteiger partial charge is 0.449 e. The second-order valence-electron chi connectivity index (χ2n) is 4.89. The number of ether oxygens (including phenoxy) is 1. The molecule has 2 rings (SSSR count). The van der Waals surface area contributed by atoms with Gasteiger partial charge in [0.1, 0.15) is 0 Å². The molecule has 0 saturated carbocycles. The maximum absolute atomic E-state index is 12.1. The van der Waals surface area contributed by atoms with Crippen molar-refractivity contribution in [3.8, 4) is 0 Å². The summed E-state index contributed by atoms with van der Waals surface area (Å²) in [6.45, 7) is 3.33. The summed E-state index contributed by atoms with van der Waals surface area (Å²) in [4.78, 5) is 28.0. The highest BCUT2D eigenvalue weighted by atomic mass is 35.5. The van der Waals surface area contributed by atoms with Crippen LogP contribution in [0.5, 0.6) is 0 Å². The molecule has 1 aromatic carbocycles. The quantitative estimate of drug-likeness (QED) is 0.847. The molecule has 0 radical (unpaired) electrons. The van der Waals surface area contributed by atoms with Crippen molar-refractivity contribution in [1.82, 2.24) is 4.98 Å². The molecule has 23 heavy (non-hydrogen) atoms. The molecular weight excluding hydrogens is 339 g/mol. The van der Waals surface area contributed by atoms with Crippen molar-refractivity contribution >= 4 is 40.9 Å². The van der Waals surface area contributed by atoms with E-state index in [0.717, 1.165) is 5.56 Å². The second kappa shape index (κ2) is 7.44. The number of aromatic nitrogens is 1. The van der Waals surface area contributed by atoms with Crippen LogP contribution >= 0.6 is 23.2 Å². The molecule has 2 aromatic rings. The van der Waals surface area contributed by atoms with Crippen LogP contribution < -0.4 is 5.32 Å². The lowest BCUT2D eigenvalue weighted by Crippen LogP contribution is -2.30. The number of halogens is 2. The standard InChI is InChI=1S/C16H14Cl2N2O3/c1-9-4-3-5-11(6-9)16(22)23-10(2)15(21)20-14-13(18)7-12(17)8-19-14/h3-8,10H,1-2H3,(H,19,20,21)/t10-/m0/s1. The van der Waals surface area contributed by atoms with E-state index >= 15 is 0 Å². The predicted molar refractivity (Wildman–Crippen MR) is 88.9 cm³/mol. The third-order valence-corrected chi connectivity index (χ3v) is 3.45. The Morgan fingerprint density at radius 2 is 2.00 bits per heavy atom. The van der Waals surface area contributed by atoms with Crippen LogP contribution in [0.3, 0.4) is 0 Å². The number of carbonyl (C=O) groups is 2. The molecule has 120 valence electrons. The Morgan fingerprint density at radius 3 is 2.65 bits per heavy atom. The fourth-order valence-electron chi connectivity index (χ4n) is 1.78. The van der Waals surface area contributed by atoms with Crippen LogP contribution in [0, 0.1) is 6.92 Å². The number of rotatable bonds is 4. The molecule has 1 amide bonds. The first kappa shape index (κ1) is 17.2. The van der Waals surface area contributed by atoms with Crippen molar-refractivity contribution in [2.45, 2.75) is 20.0 Å². The van der Waals surface area contributed by atoms with Gasteiger partial charge in [-0.15, -0.1) is 0 Å². The fraction of sp³-hybridized carbons (Fsp3) is 0.188. The lowest BCUT2D eigenvalue weighted by Gasteiger charge is -2.14. The monoisotopic (exact) mass is 352 g/mol. The zero-order chi connectivity index (χ0) is 17.0. The smallest absolute Gasteiger partial charge is 0.338 e. The molecule has 0 aliphatic carbocycles. The van der Waals surface area contributed by atoms with Gasteiger partial charge in [-0.05, 0) is 32.0 Å². The summed E-state index contributed by atoms with van der Waals surface area (Å²) in [6.07, 6.45) is 0.350. The molecule has 0 aliphatic heterocycles. The number of hydrogen-bond acceptors (Lipinski definition) is 4. The number of carbonyl (C=O) groups excluding carboxylic acids is 2. The van der Waals surface area contributed by atoms with E-state index in [9.17, 15) is 9.59 Å². The zero-order valence-corrected chi connectivity index (χ0v) is 14.0. The molecule has 7 heteroatoms. The summed E-state index contributed by atoms with van der Waals surface area (Å²) < 4.78 is 5.14. The number of nitrogens with zero attached hydrogens (tertiary/aromatic N) is 1. The van der Waals surface area contributed by atoms with Crippen LogP contribution in [0.4, 0.5) is 5.82 Å². The van der Waals surface area contributed by atoms with Crippen molar-refractivity contribution in [3.05, 3.63) is 57.7 Å². The molecule has 5 nitrogen and oxygen atoms in total. The minimum absolute atomic E-state index is 0.152. The SMILES string of the molecule is Cc1cccc(C(=O)O[C@@H](C)C(=O)Nc2ncc(Cl)cc2Cl)c1. The molecule has 0 aliphatic rings. The van der Waals surface area contributed by atoms with Crippen LogP contribution in [0.2, 0.25) is 10.0 Å². The molecule has 0 saturated heterocycles. The highest BCUT2D eigenvalue weighted by Gasteiger charge is 2.20. The third-order valence-electron chi connectivity index (χ3n) is 2.96. The van der Waals surface area contributed by atoms with Gasteiger partial charge in [-0.2, -0.15) is 0 Å². The average Bonchev–Trinajstić information content (AvgIpc) is 2.49. The maximum Gasteiger partial charge on any atom is 0.338 e. The fourth-order valence-corrected chi connectivity index (χ4v) is 2.21. The average molecular weight is 353 g/mol. The molecule has 0 spiro atoms. The van der Waals surface area contributed by atoms with Gasteiger partial charge in [0.2, 0.25) is 0 Å². The van der Waals surface area contributed by atoms with Crippen molar-refractivity contribution in [2.24, 2.45) is 0 Å². The minimum Gasteiger partial charge on any atom is -0.449 e. The Hall–Kier alpha value is -2.11. The van der Waals surface area contributed by atoms with Crippen LogP contribution in [-0.4, -0.2) is 23.0 Å². The summed E-state index contributed by atoms with van der Waals surface area (Å²) >= 11 is 11.7. The molecule has 1 N–H and O–H groups in total. The number of anilines is 1. The van der Waals surface area contributed by atoms with Crippen molar-refractivity contribution in [1.29, 1.82) is 0 Å². The van der Waals surface area contributed by atoms with Gasteiger partial charge in [0, 0.05) is 6.20 Å². The van der Waals surface area contributed by atoms with Gasteiger partial charge in [-0.3, -0.25) is 4.79 Å². The molecule has 1 aromatic heterocycles. The van der Waals surface area contributed by atoms with E-state index in [1.807, 2.05) is 13.0 Å². The Labute approximate surface area is 143 Å². The summed E-state index contributed by atoms with van der Waals surface area (Å²) in [5.41, 5.74) is 1.31. The molecule has 0 bridgehead atoms. The van der Waals surface area contributed by atoms with E-state index in [2.05, 4.69) is 10.3 Å². The van der Waals surface area contributed by atoms with Crippen molar-refractivity contribution in [3.63, 3.8) is 0 Å². The predicted octanol–water partition coefficient (Wildman–Crippen LogP) is 3.88. The van der Waals surface area contributed by atoms with Crippen LogP contribution in [-0.2, 0) is 9.53 Å². The number of aryl methyl sites for hydroxylation is 1. The van der Waals surface area contributed by atoms with Crippen LogP contribution in [0.1, 0.15) is 22.8 Å². The van der Waals surface area contributed by atoms with Gasteiger partial charge in [0.05, 0.1) is 15.6 Å². The summed E-state index contributed by atoms with van der Waals surface area (Å²) in [5, 5.41) is 3.04. The minimum atomic E-state index is -1.00. The number of hydrogen-bond donors (Lipinski definition) is 1. The number of amides is 1. The van der Waals surface area contributed by atoms with Gasteiger partial charge in [-0.25, -0.2) is 9.78 Å². The van der Waals surface area contributed by atoms with Gasteiger partial charge < -0.3 is 10.1 Å². The van der Waals surface area contributed by atoms with E-state index in [1.165, 1.54) is 19.2 Å². The lowest BCUT2D eigenvalue weighted by atomic mass is 10.1. The van der Waals surface area contributed by atoms with E-state index in [0.29, 0.717) is 10.6 Å². The van der Waals surface area contributed by atoms with Gasteiger partial charge in [0.25, 0.3) is 5.91 Å². The third kappa shape index (κ3) is 4.68. The normalized spacial score (nSPS) is 11.7. The number of benzene rings is 1. The number of nitrogens with one attached hydrogen (secondary N) is 1. The Bertz CT molecular complexity index is 750. The topological polar surface area (TPSA) is 68.3 Å². The van der Waals surface area contributed by atoms with Crippen LogP contribution in [0.15, 0.2) is 36.5 Å². The number of esters is 1. The molecule has 0 unspecified atom stereocenters. The summed E-state index contributed by atoms with van der Waals surface area (Å²) in [7, 11) is 0. The van der Waals surface area contributed by atoms with E-state index < -0.39 is 18.0 Å². The maximum atomic E-state index is 12.1. The number of pyridine rings is 1. The first-order chi connectivity index (χ1) is 10.9. The molecule has 1 atom stereocenters. The van der Waals surface area contributed by atoms with Gasteiger partial charge >= 0.3 is 5.97 Å². The molecule has 1 heterocycles. The highest BCUT2D eigenvalue weighted by Crippen LogP contribution is 2.22. The van der Waals surface area contributed by atoms with Gasteiger partial charge in [0.15, 0.2) is 11.9 Å². The Kier molecular flexibility index (Phi) is 5.58. The summed E-state index contributed by atoms with van der Waals surface area (Å²) in [5.74, 6) is -0.964. The van der Waals surface area contributed by atoms with Crippen LogP contribution in [0.25, 0.3) is 0 Å². The molecule has 0 fully saturated rings. The van der Waals surface area contributed by atoms with E-state index in [-0.39, 0.29) is 10.8 Å². The van der Waals surface area contributed by atoms with Crippen molar-refractivity contribution < 1.29 is 14.3 Å². The van der Waals surface area contributed by atoms with Gasteiger partial charge in [-0.1, -0.05) is 40.9 Å². The van der Waals surface area contributed by atoms with Crippen molar-refractivity contribution in [2.75, 3.05) is 5.32 Å². The highest BCUT2D eigenvalue weighted by molar-refractivity contribution is 6.36. The Balaban J connectivity index is 2.01.